The maximum atomic E-state index is 5.42. The molecule has 0 saturated heterocycles. The van der Waals surface area contributed by atoms with Crippen molar-refractivity contribution >= 4 is 5.95 Å². The van der Waals surface area contributed by atoms with Gasteiger partial charge in [-0.15, -0.1) is 0 Å². The van der Waals surface area contributed by atoms with E-state index in [4.69, 9.17) is 10.5 Å². The van der Waals surface area contributed by atoms with Crippen LogP contribution in [-0.2, 0) is 0 Å². The Bertz CT molecular complexity index is 293. The zero-order chi connectivity index (χ0) is 11.6. The summed E-state index contributed by atoms with van der Waals surface area (Å²) >= 11 is 0. The van der Waals surface area contributed by atoms with Crippen molar-refractivity contribution in [1.29, 1.82) is 0 Å². The molecule has 3 N–H and O–H groups in total. The molecule has 1 heterocycles. The maximum absolute atomic E-state index is 5.42. The van der Waals surface area contributed by atoms with Gasteiger partial charge in [-0.3, -0.25) is 0 Å². The molecule has 0 bridgehead atoms. The van der Waals surface area contributed by atoms with Gasteiger partial charge in [0.15, 0.2) is 0 Å². The fourth-order valence-electron chi connectivity index (χ4n) is 1.36. The number of hydrogen-bond acceptors (Lipinski definition) is 5. The molecule has 0 radical (unpaired) electrons. The van der Waals surface area contributed by atoms with Gasteiger partial charge in [-0.2, -0.15) is 4.98 Å². The second-order valence-electron chi connectivity index (χ2n) is 3.55. The standard InChI is InChI=1S/C11H20N4O/c1-16-10-6-9-14-11(15-10)13-8-5-3-2-4-7-12/h6,9H,2-5,7-8,12H2,1H3,(H,13,14,15). The molecule has 0 amide bonds. The molecular formula is C11H20N4O. The predicted molar refractivity (Wildman–Crippen MR) is 64.6 cm³/mol. The van der Waals surface area contributed by atoms with E-state index >= 15 is 0 Å². The highest BCUT2D eigenvalue weighted by Gasteiger charge is 1.97. The molecule has 1 aromatic heterocycles. The van der Waals surface area contributed by atoms with Gasteiger partial charge in [-0.1, -0.05) is 12.8 Å². The Morgan fingerprint density at radius 2 is 2.12 bits per heavy atom. The van der Waals surface area contributed by atoms with Crippen LogP contribution < -0.4 is 15.8 Å². The number of nitrogens with two attached hydrogens (primary N) is 1. The van der Waals surface area contributed by atoms with E-state index in [1.54, 1.807) is 19.4 Å². The van der Waals surface area contributed by atoms with Crippen molar-refractivity contribution in [2.45, 2.75) is 25.7 Å². The number of nitrogens with one attached hydrogen (secondary N) is 1. The molecule has 0 aromatic carbocycles. The third kappa shape index (κ3) is 4.93. The van der Waals surface area contributed by atoms with Crippen LogP contribution in [-0.4, -0.2) is 30.2 Å². The molecule has 0 saturated carbocycles. The van der Waals surface area contributed by atoms with Gasteiger partial charge >= 0.3 is 0 Å². The normalized spacial score (nSPS) is 10.1. The van der Waals surface area contributed by atoms with Crippen molar-refractivity contribution in [1.82, 2.24) is 9.97 Å². The SMILES string of the molecule is COc1ccnc(NCCCCCCN)n1. The van der Waals surface area contributed by atoms with Crippen molar-refractivity contribution in [3.63, 3.8) is 0 Å². The largest absolute Gasteiger partial charge is 0.481 e. The minimum Gasteiger partial charge on any atom is -0.481 e. The minimum absolute atomic E-state index is 0.584. The highest BCUT2D eigenvalue weighted by atomic mass is 16.5. The summed E-state index contributed by atoms with van der Waals surface area (Å²) in [6, 6.07) is 1.73. The lowest BCUT2D eigenvalue weighted by atomic mass is 10.2. The third-order valence-electron chi connectivity index (χ3n) is 2.25. The molecule has 0 fully saturated rings. The van der Waals surface area contributed by atoms with Crippen LogP contribution in [0, 0.1) is 0 Å². The number of ether oxygens (including phenoxy) is 1. The quantitative estimate of drug-likeness (QED) is 0.653. The van der Waals surface area contributed by atoms with Crippen LogP contribution in [0.2, 0.25) is 0 Å². The van der Waals surface area contributed by atoms with Crippen LogP contribution in [0.4, 0.5) is 5.95 Å². The summed E-state index contributed by atoms with van der Waals surface area (Å²) in [7, 11) is 1.60. The van der Waals surface area contributed by atoms with Gasteiger partial charge < -0.3 is 15.8 Å². The molecule has 16 heavy (non-hydrogen) atoms. The lowest BCUT2D eigenvalue weighted by Gasteiger charge is -2.05. The van der Waals surface area contributed by atoms with Crippen LogP contribution in [0.25, 0.3) is 0 Å². The van der Waals surface area contributed by atoms with Crippen LogP contribution in [0.15, 0.2) is 12.3 Å². The van der Waals surface area contributed by atoms with Crippen molar-refractivity contribution in [2.75, 3.05) is 25.5 Å². The van der Waals surface area contributed by atoms with E-state index in [0.717, 1.165) is 25.9 Å². The predicted octanol–water partition coefficient (Wildman–Crippen LogP) is 1.42. The number of hydrogen-bond donors (Lipinski definition) is 2. The Morgan fingerprint density at radius 3 is 2.88 bits per heavy atom. The lowest BCUT2D eigenvalue weighted by molar-refractivity contribution is 0.397. The summed E-state index contributed by atoms with van der Waals surface area (Å²) in [6.07, 6.45) is 6.28. The van der Waals surface area contributed by atoms with E-state index < -0.39 is 0 Å². The van der Waals surface area contributed by atoms with Gasteiger partial charge in [0.2, 0.25) is 11.8 Å². The Labute approximate surface area is 96.4 Å². The maximum Gasteiger partial charge on any atom is 0.225 e. The summed E-state index contributed by atoms with van der Waals surface area (Å²) in [5, 5.41) is 3.16. The molecule has 0 unspecified atom stereocenters. The number of aromatic nitrogens is 2. The van der Waals surface area contributed by atoms with Crippen molar-refractivity contribution in [2.24, 2.45) is 5.73 Å². The summed E-state index contributed by atoms with van der Waals surface area (Å²) in [5.41, 5.74) is 5.42. The minimum atomic E-state index is 0.584. The lowest BCUT2D eigenvalue weighted by Crippen LogP contribution is -2.06. The molecule has 0 atom stereocenters. The zero-order valence-electron chi connectivity index (χ0n) is 9.78. The van der Waals surface area contributed by atoms with Crippen LogP contribution >= 0.6 is 0 Å². The smallest absolute Gasteiger partial charge is 0.225 e. The van der Waals surface area contributed by atoms with Crippen molar-refractivity contribution in [3.8, 4) is 5.88 Å². The first-order valence-electron chi connectivity index (χ1n) is 5.68. The van der Waals surface area contributed by atoms with Crippen molar-refractivity contribution < 1.29 is 4.74 Å². The van der Waals surface area contributed by atoms with E-state index in [9.17, 15) is 0 Å². The Kier molecular flexibility index (Phi) is 6.25. The molecule has 0 aliphatic rings. The van der Waals surface area contributed by atoms with E-state index in [-0.39, 0.29) is 0 Å². The van der Waals surface area contributed by atoms with Crippen molar-refractivity contribution in [3.05, 3.63) is 12.3 Å². The molecule has 0 aliphatic carbocycles. The van der Waals surface area contributed by atoms with E-state index in [2.05, 4.69) is 15.3 Å². The van der Waals surface area contributed by atoms with Crippen LogP contribution in [0.3, 0.4) is 0 Å². The fraction of sp³-hybridized carbons (Fsp3) is 0.636. The fourth-order valence-corrected chi connectivity index (χ4v) is 1.36. The Hall–Kier alpha value is -1.36. The van der Waals surface area contributed by atoms with Gasteiger partial charge in [0.05, 0.1) is 7.11 Å². The van der Waals surface area contributed by atoms with Gasteiger partial charge in [-0.25, -0.2) is 4.98 Å². The first-order chi connectivity index (χ1) is 7.86. The zero-order valence-corrected chi connectivity index (χ0v) is 9.78. The van der Waals surface area contributed by atoms with Gasteiger partial charge in [0.1, 0.15) is 0 Å². The number of methoxy groups -OCH3 is 1. The number of rotatable bonds is 8. The molecule has 0 aliphatic heterocycles. The van der Waals surface area contributed by atoms with E-state index in [0.29, 0.717) is 11.8 Å². The summed E-state index contributed by atoms with van der Waals surface area (Å²) in [4.78, 5) is 8.26. The average molecular weight is 224 g/mol. The first kappa shape index (κ1) is 12.7. The Morgan fingerprint density at radius 1 is 1.31 bits per heavy atom. The van der Waals surface area contributed by atoms with Gasteiger partial charge in [0.25, 0.3) is 0 Å². The molecule has 1 aromatic rings. The second-order valence-corrected chi connectivity index (χ2v) is 3.55. The highest BCUT2D eigenvalue weighted by molar-refractivity contribution is 5.26. The van der Waals surface area contributed by atoms with Gasteiger partial charge in [-0.05, 0) is 19.4 Å². The molecular weight excluding hydrogens is 204 g/mol. The van der Waals surface area contributed by atoms with Crippen LogP contribution in [0.1, 0.15) is 25.7 Å². The number of nitrogens with zero attached hydrogens (tertiary/aromatic N) is 2. The monoisotopic (exact) mass is 224 g/mol. The Balaban J connectivity index is 2.16. The second kappa shape index (κ2) is 7.87. The number of anilines is 1. The van der Waals surface area contributed by atoms with E-state index in [1.165, 1.54) is 12.8 Å². The topological polar surface area (TPSA) is 73.1 Å². The molecule has 5 nitrogen and oxygen atoms in total. The molecule has 90 valence electrons. The van der Waals surface area contributed by atoms with E-state index in [1.807, 2.05) is 0 Å². The molecule has 5 heteroatoms. The molecule has 0 spiro atoms. The van der Waals surface area contributed by atoms with Gasteiger partial charge in [0, 0.05) is 18.8 Å². The highest BCUT2D eigenvalue weighted by Crippen LogP contribution is 2.07. The first-order valence-corrected chi connectivity index (χ1v) is 5.68. The average Bonchev–Trinajstić information content (AvgIpc) is 2.34. The summed E-state index contributed by atoms with van der Waals surface area (Å²) in [5.74, 6) is 1.21. The third-order valence-corrected chi connectivity index (χ3v) is 2.25. The number of unbranched alkanes of at least 4 members (excludes halogenated alkanes) is 3. The molecule has 1 rings (SSSR count). The summed E-state index contributed by atoms with van der Waals surface area (Å²) < 4.78 is 5.01. The van der Waals surface area contributed by atoms with Crippen LogP contribution in [0.5, 0.6) is 5.88 Å². The summed E-state index contributed by atoms with van der Waals surface area (Å²) in [6.45, 7) is 1.67.